The van der Waals surface area contributed by atoms with Gasteiger partial charge in [-0.2, -0.15) is 0 Å². The molecule has 1 aromatic carbocycles. The van der Waals surface area contributed by atoms with E-state index >= 15 is 0 Å². The minimum absolute atomic E-state index is 0.161. The van der Waals surface area contributed by atoms with Crippen LogP contribution in [0.5, 0.6) is 0 Å². The standard InChI is InChI=1S/C14H17NO2/c1-9(2)10-4-3-5-11(8-10)12-6-7-13(16)15-14(12)17/h3-5,8-9,12H,6-7H2,1-2H3,(H,15,16,17)/t12-/m1/s1. The van der Waals surface area contributed by atoms with Gasteiger partial charge in [-0.3, -0.25) is 14.9 Å². The number of hydrogen-bond donors (Lipinski definition) is 1. The Morgan fingerprint density at radius 1 is 1.29 bits per heavy atom. The summed E-state index contributed by atoms with van der Waals surface area (Å²) in [7, 11) is 0. The molecule has 3 heteroatoms. The number of nitrogens with one attached hydrogen (secondary N) is 1. The minimum Gasteiger partial charge on any atom is -0.296 e. The van der Waals surface area contributed by atoms with E-state index in [9.17, 15) is 9.59 Å². The summed E-state index contributed by atoms with van der Waals surface area (Å²) in [5.41, 5.74) is 2.24. The van der Waals surface area contributed by atoms with Crippen molar-refractivity contribution in [3.63, 3.8) is 0 Å². The van der Waals surface area contributed by atoms with Crippen molar-refractivity contribution >= 4 is 11.8 Å². The van der Waals surface area contributed by atoms with E-state index in [2.05, 4.69) is 31.3 Å². The van der Waals surface area contributed by atoms with Crippen LogP contribution in [-0.4, -0.2) is 11.8 Å². The van der Waals surface area contributed by atoms with Gasteiger partial charge in [0.05, 0.1) is 5.92 Å². The molecule has 1 aliphatic rings. The summed E-state index contributed by atoms with van der Waals surface area (Å²) in [4.78, 5) is 22.8. The number of piperidine rings is 1. The molecule has 0 spiro atoms. The largest absolute Gasteiger partial charge is 0.296 e. The Hall–Kier alpha value is -1.64. The van der Waals surface area contributed by atoms with Crippen molar-refractivity contribution in [2.45, 2.75) is 38.5 Å². The molecule has 1 N–H and O–H groups in total. The molecule has 0 radical (unpaired) electrons. The molecule has 2 rings (SSSR count). The summed E-state index contributed by atoms with van der Waals surface area (Å²) in [6.07, 6.45) is 1.05. The van der Waals surface area contributed by atoms with Crippen molar-refractivity contribution in [1.82, 2.24) is 5.32 Å². The van der Waals surface area contributed by atoms with Gasteiger partial charge < -0.3 is 0 Å². The highest BCUT2D eigenvalue weighted by Crippen LogP contribution is 2.27. The maximum atomic E-state index is 11.8. The Kier molecular flexibility index (Phi) is 3.27. The second kappa shape index (κ2) is 4.70. The van der Waals surface area contributed by atoms with E-state index in [1.54, 1.807) is 0 Å². The summed E-state index contributed by atoms with van der Waals surface area (Å²) < 4.78 is 0. The molecular weight excluding hydrogens is 214 g/mol. The van der Waals surface area contributed by atoms with Gasteiger partial charge in [-0.1, -0.05) is 38.1 Å². The topological polar surface area (TPSA) is 46.2 Å². The quantitative estimate of drug-likeness (QED) is 0.794. The van der Waals surface area contributed by atoms with Gasteiger partial charge in [-0.25, -0.2) is 0 Å². The van der Waals surface area contributed by atoms with E-state index in [-0.39, 0.29) is 17.7 Å². The first-order valence-corrected chi connectivity index (χ1v) is 6.01. The number of carbonyl (C=O) groups is 2. The van der Waals surface area contributed by atoms with Crippen LogP contribution in [0.4, 0.5) is 0 Å². The first-order chi connectivity index (χ1) is 8.08. The maximum Gasteiger partial charge on any atom is 0.234 e. The molecule has 1 fully saturated rings. The number of imide groups is 1. The highest BCUT2D eigenvalue weighted by Gasteiger charge is 2.27. The van der Waals surface area contributed by atoms with Crippen molar-refractivity contribution in [3.05, 3.63) is 35.4 Å². The fourth-order valence-electron chi connectivity index (χ4n) is 2.15. The summed E-state index contributed by atoms with van der Waals surface area (Å²) in [5, 5.41) is 2.40. The Balaban J connectivity index is 2.25. The first-order valence-electron chi connectivity index (χ1n) is 6.01. The summed E-state index contributed by atoms with van der Waals surface area (Å²) in [6, 6.07) is 8.09. The summed E-state index contributed by atoms with van der Waals surface area (Å²) >= 11 is 0. The fourth-order valence-corrected chi connectivity index (χ4v) is 2.15. The molecule has 1 aliphatic heterocycles. The zero-order valence-electron chi connectivity index (χ0n) is 10.2. The molecule has 0 aromatic heterocycles. The second-order valence-corrected chi connectivity index (χ2v) is 4.83. The fraction of sp³-hybridized carbons (Fsp3) is 0.429. The van der Waals surface area contributed by atoms with E-state index in [0.29, 0.717) is 18.8 Å². The van der Waals surface area contributed by atoms with Crippen molar-refractivity contribution in [2.24, 2.45) is 0 Å². The van der Waals surface area contributed by atoms with Crippen LogP contribution in [0.3, 0.4) is 0 Å². The number of carbonyl (C=O) groups excluding carboxylic acids is 2. The Morgan fingerprint density at radius 3 is 2.71 bits per heavy atom. The van der Waals surface area contributed by atoms with Crippen molar-refractivity contribution in [3.8, 4) is 0 Å². The van der Waals surface area contributed by atoms with E-state index in [1.807, 2.05) is 12.1 Å². The van der Waals surface area contributed by atoms with Crippen LogP contribution in [0.2, 0.25) is 0 Å². The molecular formula is C14H17NO2. The van der Waals surface area contributed by atoms with Gasteiger partial charge in [-0.05, 0) is 23.5 Å². The lowest BCUT2D eigenvalue weighted by atomic mass is 9.88. The highest BCUT2D eigenvalue weighted by molar-refractivity contribution is 6.00. The van der Waals surface area contributed by atoms with Gasteiger partial charge in [-0.15, -0.1) is 0 Å². The van der Waals surface area contributed by atoms with Crippen LogP contribution in [-0.2, 0) is 9.59 Å². The first kappa shape index (κ1) is 11.8. The average molecular weight is 231 g/mol. The van der Waals surface area contributed by atoms with Crippen molar-refractivity contribution in [1.29, 1.82) is 0 Å². The highest BCUT2D eigenvalue weighted by atomic mass is 16.2. The van der Waals surface area contributed by atoms with Crippen molar-refractivity contribution in [2.75, 3.05) is 0 Å². The van der Waals surface area contributed by atoms with Crippen molar-refractivity contribution < 1.29 is 9.59 Å². The number of rotatable bonds is 2. The Labute approximate surface area is 101 Å². The van der Waals surface area contributed by atoms with Gasteiger partial charge in [0.2, 0.25) is 11.8 Å². The van der Waals surface area contributed by atoms with Gasteiger partial charge in [0.25, 0.3) is 0 Å². The molecule has 1 aromatic rings. The number of benzene rings is 1. The molecule has 0 aliphatic carbocycles. The molecule has 0 bridgehead atoms. The average Bonchev–Trinajstić information content (AvgIpc) is 2.29. The lowest BCUT2D eigenvalue weighted by Crippen LogP contribution is -2.39. The second-order valence-electron chi connectivity index (χ2n) is 4.83. The van der Waals surface area contributed by atoms with E-state index in [4.69, 9.17) is 0 Å². The zero-order chi connectivity index (χ0) is 12.4. The Morgan fingerprint density at radius 2 is 2.06 bits per heavy atom. The summed E-state index contributed by atoms with van der Waals surface area (Å²) in [5.74, 6) is -0.0527. The maximum absolute atomic E-state index is 11.8. The Bertz CT molecular complexity index is 451. The molecule has 90 valence electrons. The molecule has 1 atom stereocenters. The van der Waals surface area contributed by atoms with Crippen LogP contribution in [0.25, 0.3) is 0 Å². The van der Waals surface area contributed by atoms with Crippen LogP contribution >= 0.6 is 0 Å². The van der Waals surface area contributed by atoms with Gasteiger partial charge in [0, 0.05) is 6.42 Å². The molecule has 0 unspecified atom stereocenters. The lowest BCUT2D eigenvalue weighted by molar-refractivity contribution is -0.134. The van der Waals surface area contributed by atoms with Crippen LogP contribution < -0.4 is 5.32 Å². The van der Waals surface area contributed by atoms with E-state index < -0.39 is 0 Å². The number of amides is 2. The molecule has 1 heterocycles. The normalized spacial score (nSPS) is 20.5. The molecule has 17 heavy (non-hydrogen) atoms. The van der Waals surface area contributed by atoms with Crippen LogP contribution in [0.15, 0.2) is 24.3 Å². The molecule has 3 nitrogen and oxygen atoms in total. The van der Waals surface area contributed by atoms with Gasteiger partial charge >= 0.3 is 0 Å². The predicted molar refractivity (Wildman–Crippen MR) is 65.7 cm³/mol. The minimum atomic E-state index is -0.175. The third-order valence-electron chi connectivity index (χ3n) is 3.22. The number of hydrogen-bond acceptors (Lipinski definition) is 2. The van der Waals surface area contributed by atoms with Crippen LogP contribution in [0.1, 0.15) is 49.7 Å². The van der Waals surface area contributed by atoms with Gasteiger partial charge in [0.15, 0.2) is 0 Å². The third-order valence-corrected chi connectivity index (χ3v) is 3.22. The molecule has 0 saturated carbocycles. The SMILES string of the molecule is CC(C)c1cccc([C@H]2CCC(=O)NC2=O)c1. The van der Waals surface area contributed by atoms with Crippen LogP contribution in [0, 0.1) is 0 Å². The van der Waals surface area contributed by atoms with E-state index in [0.717, 1.165) is 5.56 Å². The third kappa shape index (κ3) is 2.54. The smallest absolute Gasteiger partial charge is 0.234 e. The monoisotopic (exact) mass is 231 g/mol. The van der Waals surface area contributed by atoms with E-state index in [1.165, 1.54) is 5.56 Å². The summed E-state index contributed by atoms with van der Waals surface area (Å²) in [6.45, 7) is 4.26. The van der Waals surface area contributed by atoms with Gasteiger partial charge in [0.1, 0.15) is 0 Å². The molecule has 2 amide bonds. The zero-order valence-corrected chi connectivity index (χ0v) is 10.2. The molecule has 1 saturated heterocycles. The lowest BCUT2D eigenvalue weighted by Gasteiger charge is -2.21. The predicted octanol–water partition coefficient (Wildman–Crippen LogP) is 2.33.